The van der Waals surface area contributed by atoms with E-state index in [1.165, 1.54) is 12.7 Å². The predicted molar refractivity (Wildman–Crippen MR) is 95.6 cm³/mol. The van der Waals surface area contributed by atoms with Crippen LogP contribution in [0.15, 0.2) is 36.4 Å². The molecule has 1 N–H and O–H groups in total. The van der Waals surface area contributed by atoms with Gasteiger partial charge in [-0.1, -0.05) is 29.3 Å². The van der Waals surface area contributed by atoms with Gasteiger partial charge < -0.3 is 9.47 Å². The maximum Gasteiger partial charge on any atom is 0.288 e. The van der Waals surface area contributed by atoms with Gasteiger partial charge in [0.25, 0.3) is 5.17 Å². The Morgan fingerprint density at radius 3 is 2.61 bits per heavy atom. The summed E-state index contributed by atoms with van der Waals surface area (Å²) < 4.78 is 10.7. The molecule has 0 fully saturated rings. The first-order valence-electron chi connectivity index (χ1n) is 6.98. The molecule has 2 aromatic rings. The summed E-state index contributed by atoms with van der Waals surface area (Å²) in [4.78, 5) is 0. The van der Waals surface area contributed by atoms with Crippen molar-refractivity contribution in [2.45, 2.75) is 20.5 Å². The Bertz CT molecular complexity index is 721. The summed E-state index contributed by atoms with van der Waals surface area (Å²) in [6, 6.07) is 11.0. The number of anilines is 1. The van der Waals surface area contributed by atoms with Gasteiger partial charge in [-0.2, -0.15) is 5.06 Å². The van der Waals surface area contributed by atoms with E-state index in [0.29, 0.717) is 16.3 Å². The molecule has 0 aliphatic rings. The number of hydroxylamine groups is 1. The zero-order chi connectivity index (χ0) is 17.0. The Morgan fingerprint density at radius 1 is 1.22 bits per heavy atom. The SMILES string of the molecule is COC(=S)N(O)c1ccc(Cl)cc1COc1ccc(C)cc1C. The molecule has 0 aliphatic heterocycles. The summed E-state index contributed by atoms with van der Waals surface area (Å²) in [5, 5.41) is 11.4. The van der Waals surface area contributed by atoms with Gasteiger partial charge in [0.15, 0.2) is 0 Å². The fraction of sp³-hybridized carbons (Fsp3) is 0.235. The van der Waals surface area contributed by atoms with E-state index in [2.05, 4.69) is 0 Å². The first-order chi connectivity index (χ1) is 10.9. The number of benzene rings is 2. The normalized spacial score (nSPS) is 10.3. The van der Waals surface area contributed by atoms with E-state index in [1.807, 2.05) is 32.0 Å². The molecule has 6 heteroatoms. The lowest BCUT2D eigenvalue weighted by Gasteiger charge is -2.20. The largest absolute Gasteiger partial charge is 0.489 e. The van der Waals surface area contributed by atoms with E-state index in [-0.39, 0.29) is 11.8 Å². The van der Waals surface area contributed by atoms with Gasteiger partial charge in [0, 0.05) is 10.6 Å². The lowest BCUT2D eigenvalue weighted by molar-refractivity contribution is 0.264. The molecule has 0 saturated heterocycles. The molecule has 0 unspecified atom stereocenters. The van der Waals surface area contributed by atoms with Crippen LogP contribution >= 0.6 is 23.8 Å². The molecule has 122 valence electrons. The molecule has 0 amide bonds. The number of aryl methyl sites for hydroxylation is 2. The van der Waals surface area contributed by atoms with E-state index < -0.39 is 0 Å². The molecule has 0 saturated carbocycles. The van der Waals surface area contributed by atoms with Crippen molar-refractivity contribution >= 4 is 34.7 Å². The number of halogens is 1. The Morgan fingerprint density at radius 2 is 1.96 bits per heavy atom. The smallest absolute Gasteiger partial charge is 0.288 e. The average molecular weight is 352 g/mol. The third-order valence-electron chi connectivity index (χ3n) is 3.33. The fourth-order valence-electron chi connectivity index (χ4n) is 2.18. The van der Waals surface area contributed by atoms with E-state index in [4.69, 9.17) is 33.3 Å². The molecule has 0 heterocycles. The molecular weight excluding hydrogens is 334 g/mol. The van der Waals surface area contributed by atoms with E-state index in [9.17, 15) is 5.21 Å². The summed E-state index contributed by atoms with van der Waals surface area (Å²) in [6.07, 6.45) is 0. The van der Waals surface area contributed by atoms with Gasteiger partial charge in [0.05, 0.1) is 12.8 Å². The first-order valence-corrected chi connectivity index (χ1v) is 7.76. The van der Waals surface area contributed by atoms with Crippen LogP contribution in [0.1, 0.15) is 16.7 Å². The number of nitrogens with zero attached hydrogens (tertiary/aromatic N) is 1. The number of hydrogen-bond acceptors (Lipinski definition) is 4. The topological polar surface area (TPSA) is 41.9 Å². The highest BCUT2D eigenvalue weighted by molar-refractivity contribution is 7.80. The van der Waals surface area contributed by atoms with Crippen molar-refractivity contribution in [3.63, 3.8) is 0 Å². The van der Waals surface area contributed by atoms with Crippen molar-refractivity contribution in [3.8, 4) is 5.75 Å². The van der Waals surface area contributed by atoms with Crippen molar-refractivity contribution in [2.24, 2.45) is 0 Å². The van der Waals surface area contributed by atoms with Gasteiger partial charge in [-0.15, -0.1) is 0 Å². The minimum atomic E-state index is -0.0555. The Balaban J connectivity index is 2.24. The minimum absolute atomic E-state index is 0.0555. The lowest BCUT2D eigenvalue weighted by atomic mass is 10.1. The van der Waals surface area contributed by atoms with Gasteiger partial charge in [-0.05, 0) is 55.9 Å². The van der Waals surface area contributed by atoms with Crippen molar-refractivity contribution < 1.29 is 14.7 Å². The molecule has 2 rings (SSSR count). The van der Waals surface area contributed by atoms with Gasteiger partial charge in [0.2, 0.25) is 0 Å². The van der Waals surface area contributed by atoms with Crippen molar-refractivity contribution in [2.75, 3.05) is 12.2 Å². The minimum Gasteiger partial charge on any atom is -0.489 e. The van der Waals surface area contributed by atoms with E-state index in [0.717, 1.165) is 16.4 Å². The number of hydrogen-bond donors (Lipinski definition) is 1. The van der Waals surface area contributed by atoms with E-state index in [1.54, 1.807) is 18.2 Å². The molecule has 0 aliphatic carbocycles. The van der Waals surface area contributed by atoms with Crippen LogP contribution in [-0.4, -0.2) is 17.5 Å². The Labute approximate surface area is 146 Å². The van der Waals surface area contributed by atoms with Crippen molar-refractivity contribution in [3.05, 3.63) is 58.1 Å². The summed E-state index contributed by atoms with van der Waals surface area (Å²) in [5.41, 5.74) is 3.37. The second-order valence-corrected chi connectivity index (χ2v) is 5.90. The molecule has 0 bridgehead atoms. The Hall–Kier alpha value is -1.82. The van der Waals surface area contributed by atoms with Crippen LogP contribution in [0.3, 0.4) is 0 Å². The zero-order valence-electron chi connectivity index (χ0n) is 13.2. The maximum absolute atomic E-state index is 10.1. The summed E-state index contributed by atoms with van der Waals surface area (Å²) in [7, 11) is 1.40. The lowest BCUT2D eigenvalue weighted by Crippen LogP contribution is -2.27. The van der Waals surface area contributed by atoms with E-state index >= 15 is 0 Å². The van der Waals surface area contributed by atoms with Crippen LogP contribution in [0.4, 0.5) is 5.69 Å². The molecule has 0 atom stereocenters. The highest BCUT2D eigenvalue weighted by Crippen LogP contribution is 2.27. The third-order valence-corrected chi connectivity index (χ3v) is 3.91. The van der Waals surface area contributed by atoms with Crippen LogP contribution in [-0.2, 0) is 11.3 Å². The molecule has 2 aromatic carbocycles. The standard InChI is InChI=1S/C17H18ClNO3S/c1-11-4-7-16(12(2)8-11)22-10-13-9-14(18)5-6-15(13)19(20)17(23)21-3/h4-9,20H,10H2,1-3H3. The van der Waals surface area contributed by atoms with Crippen LogP contribution < -0.4 is 9.80 Å². The van der Waals surface area contributed by atoms with Gasteiger partial charge in [-0.25, -0.2) is 0 Å². The average Bonchev–Trinajstić information content (AvgIpc) is 2.52. The number of rotatable bonds is 4. The highest BCUT2D eigenvalue weighted by atomic mass is 35.5. The summed E-state index contributed by atoms with van der Waals surface area (Å²) >= 11 is 11.0. The van der Waals surface area contributed by atoms with Crippen LogP contribution in [0.25, 0.3) is 0 Å². The van der Waals surface area contributed by atoms with Gasteiger partial charge in [-0.3, -0.25) is 5.21 Å². The second kappa shape index (κ2) is 7.64. The first kappa shape index (κ1) is 17.5. The summed E-state index contributed by atoms with van der Waals surface area (Å²) in [6.45, 7) is 4.25. The second-order valence-electron chi connectivity index (χ2n) is 5.11. The molecule has 0 radical (unpaired) electrons. The number of ether oxygens (including phenoxy) is 2. The zero-order valence-corrected chi connectivity index (χ0v) is 14.7. The third kappa shape index (κ3) is 4.34. The van der Waals surface area contributed by atoms with Crippen LogP contribution in [0, 0.1) is 13.8 Å². The van der Waals surface area contributed by atoms with Crippen LogP contribution in [0.2, 0.25) is 5.02 Å². The van der Waals surface area contributed by atoms with Gasteiger partial charge >= 0.3 is 0 Å². The molecular formula is C17H18ClNO3S. The molecule has 23 heavy (non-hydrogen) atoms. The van der Waals surface area contributed by atoms with Crippen molar-refractivity contribution in [1.29, 1.82) is 0 Å². The number of methoxy groups -OCH3 is 1. The maximum atomic E-state index is 10.1. The molecule has 0 spiro atoms. The fourth-order valence-corrected chi connectivity index (χ4v) is 2.47. The molecule has 0 aromatic heterocycles. The molecule has 4 nitrogen and oxygen atoms in total. The number of thiocarbonyl (C=S) groups is 1. The highest BCUT2D eigenvalue weighted by Gasteiger charge is 2.15. The predicted octanol–water partition coefficient (Wildman–Crippen LogP) is 4.66. The monoisotopic (exact) mass is 351 g/mol. The Kier molecular flexibility index (Phi) is 5.82. The van der Waals surface area contributed by atoms with Gasteiger partial charge in [0.1, 0.15) is 12.4 Å². The summed E-state index contributed by atoms with van der Waals surface area (Å²) in [5.74, 6) is 0.778. The van der Waals surface area contributed by atoms with Crippen molar-refractivity contribution in [1.82, 2.24) is 0 Å². The van der Waals surface area contributed by atoms with Crippen LogP contribution in [0.5, 0.6) is 5.75 Å². The quantitative estimate of drug-likeness (QED) is 0.640.